The maximum Gasteiger partial charge on any atom is 0.245 e. The molecule has 0 aliphatic heterocycles. The zero-order valence-electron chi connectivity index (χ0n) is 18.2. The van der Waals surface area contributed by atoms with Crippen molar-refractivity contribution in [2.45, 2.75) is 0 Å². The average molecular weight is 491 g/mol. The van der Waals surface area contributed by atoms with Gasteiger partial charge in [0, 0.05) is 11.1 Å². The number of ether oxygens (including phenoxy) is 3. The van der Waals surface area contributed by atoms with Crippen LogP contribution in [0.3, 0.4) is 0 Å². The summed E-state index contributed by atoms with van der Waals surface area (Å²) in [4.78, 5) is 12.9. The zero-order chi connectivity index (χ0) is 24.0. The lowest BCUT2D eigenvalue weighted by Crippen LogP contribution is -2.37. The molecule has 0 aliphatic carbocycles. The minimum atomic E-state index is -3.85. The number of halogens is 1. The van der Waals surface area contributed by atoms with Crippen LogP contribution in [0.1, 0.15) is 0 Å². The third kappa shape index (κ3) is 6.30. The second-order valence-electron chi connectivity index (χ2n) is 6.91. The molecular weight excluding hydrogens is 468 g/mol. The van der Waals surface area contributed by atoms with Gasteiger partial charge in [0.05, 0.1) is 31.9 Å². The van der Waals surface area contributed by atoms with E-state index in [1.165, 1.54) is 26.4 Å². The molecule has 1 amide bonds. The average Bonchev–Trinajstić information content (AvgIpc) is 2.79. The second kappa shape index (κ2) is 10.5. The highest BCUT2D eigenvalue weighted by Crippen LogP contribution is 2.35. The van der Waals surface area contributed by atoms with Crippen molar-refractivity contribution in [1.29, 1.82) is 0 Å². The summed E-state index contributed by atoms with van der Waals surface area (Å²) in [7, 11) is -0.987. The Morgan fingerprint density at radius 3 is 2.27 bits per heavy atom. The van der Waals surface area contributed by atoms with Crippen LogP contribution < -0.4 is 23.8 Å². The Hall–Kier alpha value is -3.43. The van der Waals surface area contributed by atoms with Crippen LogP contribution in [0, 0.1) is 0 Å². The van der Waals surface area contributed by atoms with Crippen LogP contribution in [-0.4, -0.2) is 41.3 Å². The molecule has 0 bridgehead atoms. The van der Waals surface area contributed by atoms with Gasteiger partial charge in [-0.05, 0) is 42.5 Å². The number of carbonyl (C=O) groups is 1. The molecule has 3 aromatic rings. The molecule has 3 rings (SSSR count). The molecule has 174 valence electrons. The third-order valence-electron chi connectivity index (χ3n) is 4.53. The highest BCUT2D eigenvalue weighted by Gasteiger charge is 2.25. The number of carbonyl (C=O) groups excluding carboxylic acids is 1. The Morgan fingerprint density at radius 1 is 0.939 bits per heavy atom. The van der Waals surface area contributed by atoms with Crippen LogP contribution >= 0.6 is 11.6 Å². The molecule has 0 radical (unpaired) electrons. The monoisotopic (exact) mass is 490 g/mol. The van der Waals surface area contributed by atoms with E-state index in [1.54, 1.807) is 36.4 Å². The van der Waals surface area contributed by atoms with Crippen molar-refractivity contribution in [1.82, 2.24) is 0 Å². The molecule has 10 heteroatoms. The standard InChI is InChI=1S/C23H23ClN2O6S/c1-30-18-10-12-22(31-2)20(14-18)26(33(3,28)29)15-23(27)25-19-13-16(24)9-11-21(19)32-17-7-5-4-6-8-17/h4-14H,15H2,1-3H3,(H,25,27). The Bertz CT molecular complexity index is 1230. The van der Waals surface area contributed by atoms with Gasteiger partial charge in [-0.2, -0.15) is 0 Å². The molecule has 0 saturated carbocycles. The number of amides is 1. The maximum atomic E-state index is 12.9. The molecule has 0 atom stereocenters. The summed E-state index contributed by atoms with van der Waals surface area (Å²) in [6.45, 7) is -0.514. The van der Waals surface area contributed by atoms with Crippen molar-refractivity contribution < 1.29 is 27.4 Å². The van der Waals surface area contributed by atoms with Crippen LogP contribution in [0.15, 0.2) is 66.7 Å². The van der Waals surface area contributed by atoms with Crippen molar-refractivity contribution >= 4 is 38.9 Å². The van der Waals surface area contributed by atoms with Crippen LogP contribution in [0.5, 0.6) is 23.0 Å². The van der Waals surface area contributed by atoms with Gasteiger partial charge in [-0.3, -0.25) is 9.10 Å². The van der Waals surface area contributed by atoms with E-state index in [2.05, 4.69) is 5.32 Å². The molecule has 0 spiro atoms. The minimum absolute atomic E-state index is 0.168. The lowest BCUT2D eigenvalue weighted by molar-refractivity contribution is -0.114. The Labute approximate surface area is 197 Å². The number of para-hydroxylation sites is 1. The first-order chi connectivity index (χ1) is 15.7. The summed E-state index contributed by atoms with van der Waals surface area (Å²) in [5, 5.41) is 3.06. The van der Waals surface area contributed by atoms with Gasteiger partial charge in [0.2, 0.25) is 15.9 Å². The maximum absolute atomic E-state index is 12.9. The highest BCUT2D eigenvalue weighted by atomic mass is 35.5. The van der Waals surface area contributed by atoms with Crippen LogP contribution in [-0.2, 0) is 14.8 Å². The molecule has 0 unspecified atom stereocenters. The number of nitrogens with zero attached hydrogens (tertiary/aromatic N) is 1. The highest BCUT2D eigenvalue weighted by molar-refractivity contribution is 7.92. The molecule has 0 fully saturated rings. The third-order valence-corrected chi connectivity index (χ3v) is 5.89. The van der Waals surface area contributed by atoms with Gasteiger partial charge in [-0.25, -0.2) is 8.42 Å². The normalized spacial score (nSPS) is 10.9. The molecule has 0 heterocycles. The molecule has 0 saturated heterocycles. The molecule has 3 aromatic carbocycles. The van der Waals surface area contributed by atoms with Crippen LogP contribution in [0.2, 0.25) is 5.02 Å². The molecule has 0 aromatic heterocycles. The molecular formula is C23H23ClN2O6S. The number of benzene rings is 3. The Balaban J connectivity index is 1.89. The predicted molar refractivity (Wildman–Crippen MR) is 128 cm³/mol. The number of anilines is 2. The smallest absolute Gasteiger partial charge is 0.245 e. The number of sulfonamides is 1. The van der Waals surface area contributed by atoms with Gasteiger partial charge in [-0.1, -0.05) is 29.8 Å². The SMILES string of the molecule is COc1ccc(OC)c(N(CC(=O)Nc2cc(Cl)ccc2Oc2ccccc2)S(C)(=O)=O)c1. The number of hydrogen-bond acceptors (Lipinski definition) is 6. The Morgan fingerprint density at radius 2 is 1.64 bits per heavy atom. The van der Waals surface area contributed by atoms with Gasteiger partial charge >= 0.3 is 0 Å². The number of nitrogens with one attached hydrogen (secondary N) is 1. The summed E-state index contributed by atoms with van der Waals surface area (Å²) in [5.41, 5.74) is 0.462. The lowest BCUT2D eigenvalue weighted by atomic mass is 10.2. The van der Waals surface area contributed by atoms with Gasteiger partial charge in [-0.15, -0.1) is 0 Å². The topological polar surface area (TPSA) is 94.2 Å². The van der Waals surface area contributed by atoms with E-state index in [4.69, 9.17) is 25.8 Å². The van der Waals surface area contributed by atoms with Crippen LogP contribution in [0.4, 0.5) is 11.4 Å². The molecule has 1 N–H and O–H groups in total. The van der Waals surface area contributed by atoms with E-state index in [0.29, 0.717) is 28.0 Å². The summed E-state index contributed by atoms with van der Waals surface area (Å²) in [6.07, 6.45) is 1.00. The van der Waals surface area contributed by atoms with Gasteiger partial charge < -0.3 is 19.5 Å². The van der Waals surface area contributed by atoms with Crippen molar-refractivity contribution in [2.24, 2.45) is 0 Å². The van der Waals surface area contributed by atoms with Crippen molar-refractivity contribution in [3.63, 3.8) is 0 Å². The predicted octanol–water partition coefficient (Wildman–Crippen LogP) is 4.55. The largest absolute Gasteiger partial charge is 0.497 e. The van der Waals surface area contributed by atoms with Crippen molar-refractivity contribution in [2.75, 3.05) is 36.6 Å². The van der Waals surface area contributed by atoms with E-state index in [0.717, 1.165) is 10.6 Å². The molecule has 0 aliphatic rings. The fraction of sp³-hybridized carbons (Fsp3) is 0.174. The second-order valence-corrected chi connectivity index (χ2v) is 9.25. The fourth-order valence-electron chi connectivity index (χ4n) is 3.00. The minimum Gasteiger partial charge on any atom is -0.497 e. The van der Waals surface area contributed by atoms with Crippen molar-refractivity contribution in [3.8, 4) is 23.0 Å². The first-order valence-electron chi connectivity index (χ1n) is 9.73. The first kappa shape index (κ1) is 24.2. The number of hydrogen-bond donors (Lipinski definition) is 1. The van der Waals surface area contributed by atoms with E-state index in [1.807, 2.05) is 18.2 Å². The van der Waals surface area contributed by atoms with Crippen molar-refractivity contribution in [3.05, 3.63) is 71.8 Å². The Kier molecular flexibility index (Phi) is 7.67. The fourth-order valence-corrected chi connectivity index (χ4v) is 4.02. The van der Waals surface area contributed by atoms with E-state index >= 15 is 0 Å². The molecule has 33 heavy (non-hydrogen) atoms. The number of methoxy groups -OCH3 is 2. The zero-order valence-corrected chi connectivity index (χ0v) is 19.8. The number of rotatable bonds is 9. The van der Waals surface area contributed by atoms with Gasteiger partial charge in [0.15, 0.2) is 5.75 Å². The van der Waals surface area contributed by atoms with Crippen LogP contribution in [0.25, 0.3) is 0 Å². The quantitative estimate of drug-likeness (QED) is 0.472. The summed E-state index contributed by atoms with van der Waals surface area (Å²) < 4.78 is 42.4. The van der Waals surface area contributed by atoms with Gasteiger partial charge in [0.25, 0.3) is 0 Å². The first-order valence-corrected chi connectivity index (χ1v) is 12.0. The summed E-state index contributed by atoms with van der Waals surface area (Å²) >= 11 is 6.11. The summed E-state index contributed by atoms with van der Waals surface area (Å²) in [6, 6.07) is 18.4. The molecule has 8 nitrogen and oxygen atoms in total. The van der Waals surface area contributed by atoms with E-state index in [-0.39, 0.29) is 11.4 Å². The van der Waals surface area contributed by atoms with E-state index < -0.39 is 22.5 Å². The lowest BCUT2D eigenvalue weighted by Gasteiger charge is -2.24. The van der Waals surface area contributed by atoms with E-state index in [9.17, 15) is 13.2 Å². The van der Waals surface area contributed by atoms with Gasteiger partial charge in [0.1, 0.15) is 23.8 Å². The summed E-state index contributed by atoms with van der Waals surface area (Å²) in [5.74, 6) is 0.988.